The second kappa shape index (κ2) is 6.73. The minimum Gasteiger partial charge on any atom is -0.383 e. The standard InChI is InChI=1S/C23H20N8/c1-30-13-20(28-29-30)18-9-10-19-23(26-18)31(16-8-7-14-4-2-5-15(14)12-16)22(27-19)17-6-3-11-25-21(17)24/h3,6-13H,2,4-5H2,1H3,(H2,24,25). The summed E-state index contributed by atoms with van der Waals surface area (Å²) in [5.74, 6) is 1.16. The quantitative estimate of drug-likeness (QED) is 0.491. The van der Waals surface area contributed by atoms with Gasteiger partial charge in [0.15, 0.2) is 11.5 Å². The predicted molar refractivity (Wildman–Crippen MR) is 119 cm³/mol. The van der Waals surface area contributed by atoms with E-state index in [1.54, 1.807) is 10.9 Å². The van der Waals surface area contributed by atoms with Gasteiger partial charge in [-0.1, -0.05) is 11.3 Å². The van der Waals surface area contributed by atoms with Crippen LogP contribution in [-0.4, -0.2) is 34.5 Å². The van der Waals surface area contributed by atoms with Crippen molar-refractivity contribution in [3.8, 4) is 28.5 Å². The van der Waals surface area contributed by atoms with E-state index in [2.05, 4.69) is 38.1 Å². The van der Waals surface area contributed by atoms with Gasteiger partial charge >= 0.3 is 0 Å². The molecule has 4 aromatic heterocycles. The number of imidazole rings is 1. The number of anilines is 1. The van der Waals surface area contributed by atoms with Crippen molar-refractivity contribution in [2.45, 2.75) is 19.3 Å². The van der Waals surface area contributed by atoms with Crippen molar-refractivity contribution in [1.82, 2.24) is 34.5 Å². The summed E-state index contributed by atoms with van der Waals surface area (Å²) in [4.78, 5) is 14.1. The van der Waals surface area contributed by atoms with Crippen LogP contribution in [0.25, 0.3) is 39.6 Å². The Labute approximate surface area is 178 Å². The molecular weight excluding hydrogens is 388 g/mol. The molecule has 4 heterocycles. The third-order valence-corrected chi connectivity index (χ3v) is 5.79. The van der Waals surface area contributed by atoms with Gasteiger partial charge < -0.3 is 5.73 Å². The lowest BCUT2D eigenvalue weighted by Gasteiger charge is -2.12. The topological polar surface area (TPSA) is 100 Å². The maximum absolute atomic E-state index is 6.23. The Morgan fingerprint density at radius 3 is 2.71 bits per heavy atom. The summed E-state index contributed by atoms with van der Waals surface area (Å²) >= 11 is 0. The summed E-state index contributed by atoms with van der Waals surface area (Å²) in [6.45, 7) is 0. The first-order chi connectivity index (χ1) is 15.2. The fraction of sp³-hybridized carbons (Fsp3) is 0.174. The number of fused-ring (bicyclic) bond motifs is 2. The van der Waals surface area contributed by atoms with Crippen LogP contribution in [-0.2, 0) is 19.9 Å². The molecular formula is C23H20N8. The van der Waals surface area contributed by atoms with Crippen molar-refractivity contribution >= 4 is 17.0 Å². The monoisotopic (exact) mass is 408 g/mol. The molecule has 5 aromatic rings. The zero-order chi connectivity index (χ0) is 20.9. The van der Waals surface area contributed by atoms with Gasteiger partial charge in [0.05, 0.1) is 17.5 Å². The lowest BCUT2D eigenvalue weighted by Crippen LogP contribution is -2.03. The molecule has 152 valence electrons. The zero-order valence-electron chi connectivity index (χ0n) is 17.0. The van der Waals surface area contributed by atoms with Crippen molar-refractivity contribution in [2.24, 2.45) is 7.05 Å². The highest BCUT2D eigenvalue weighted by Crippen LogP contribution is 2.33. The van der Waals surface area contributed by atoms with Crippen molar-refractivity contribution in [3.05, 3.63) is 66.0 Å². The molecule has 0 atom stereocenters. The third kappa shape index (κ3) is 2.87. The highest BCUT2D eigenvalue weighted by molar-refractivity contribution is 5.84. The lowest BCUT2D eigenvalue weighted by molar-refractivity contribution is 0.715. The molecule has 1 aliphatic carbocycles. The van der Waals surface area contributed by atoms with Gasteiger partial charge in [0.2, 0.25) is 0 Å². The van der Waals surface area contributed by atoms with Crippen LogP contribution >= 0.6 is 0 Å². The molecule has 31 heavy (non-hydrogen) atoms. The SMILES string of the molecule is Cn1cc(-c2ccc3nc(-c4cccnc4N)n(-c4ccc5c(c4)CCC5)c3n2)nn1. The van der Waals surface area contributed by atoms with E-state index < -0.39 is 0 Å². The van der Waals surface area contributed by atoms with Crippen LogP contribution in [0, 0.1) is 0 Å². The van der Waals surface area contributed by atoms with Crippen molar-refractivity contribution < 1.29 is 0 Å². The molecule has 0 radical (unpaired) electrons. The van der Waals surface area contributed by atoms with Crippen LogP contribution in [0.15, 0.2) is 54.9 Å². The third-order valence-electron chi connectivity index (χ3n) is 5.79. The number of pyridine rings is 2. The molecule has 0 saturated carbocycles. The Bertz CT molecular complexity index is 1450. The second-order valence-electron chi connectivity index (χ2n) is 7.83. The van der Waals surface area contributed by atoms with Crippen LogP contribution in [0.4, 0.5) is 5.82 Å². The average Bonchev–Trinajstić information content (AvgIpc) is 3.50. The van der Waals surface area contributed by atoms with E-state index in [9.17, 15) is 0 Å². The first-order valence-electron chi connectivity index (χ1n) is 10.3. The summed E-state index contributed by atoms with van der Waals surface area (Å²) in [6.07, 6.45) is 6.97. The Hall–Kier alpha value is -4.07. The molecule has 0 fully saturated rings. The summed E-state index contributed by atoms with van der Waals surface area (Å²) in [5.41, 5.74) is 13.8. The van der Waals surface area contributed by atoms with Crippen LogP contribution in [0.5, 0.6) is 0 Å². The van der Waals surface area contributed by atoms with E-state index >= 15 is 0 Å². The summed E-state index contributed by atoms with van der Waals surface area (Å²) in [5, 5.41) is 8.25. The highest BCUT2D eigenvalue weighted by Gasteiger charge is 2.20. The van der Waals surface area contributed by atoms with E-state index in [-0.39, 0.29) is 0 Å². The molecule has 0 amide bonds. The van der Waals surface area contributed by atoms with Gasteiger partial charge in [-0.25, -0.2) is 15.0 Å². The van der Waals surface area contributed by atoms with Gasteiger partial charge in [0, 0.05) is 18.9 Å². The van der Waals surface area contributed by atoms with Crippen LogP contribution in [0.3, 0.4) is 0 Å². The number of hydrogen-bond acceptors (Lipinski definition) is 6. The molecule has 0 saturated heterocycles. The fourth-order valence-corrected chi connectivity index (χ4v) is 4.29. The molecule has 0 spiro atoms. The van der Waals surface area contributed by atoms with Crippen LogP contribution in [0.1, 0.15) is 17.5 Å². The van der Waals surface area contributed by atoms with Crippen molar-refractivity contribution in [2.75, 3.05) is 5.73 Å². The summed E-state index contributed by atoms with van der Waals surface area (Å²) < 4.78 is 3.74. The fourth-order valence-electron chi connectivity index (χ4n) is 4.29. The maximum atomic E-state index is 6.23. The number of nitrogen functional groups attached to an aromatic ring is 1. The van der Waals surface area contributed by atoms with Gasteiger partial charge in [-0.05, 0) is 66.8 Å². The number of rotatable bonds is 3. The largest absolute Gasteiger partial charge is 0.383 e. The molecule has 0 unspecified atom stereocenters. The number of aryl methyl sites for hydroxylation is 3. The molecule has 1 aliphatic rings. The smallest absolute Gasteiger partial charge is 0.165 e. The van der Waals surface area contributed by atoms with Gasteiger partial charge in [-0.15, -0.1) is 5.10 Å². The van der Waals surface area contributed by atoms with Gasteiger partial charge in [0.25, 0.3) is 0 Å². The number of benzene rings is 1. The van der Waals surface area contributed by atoms with E-state index in [1.807, 2.05) is 37.5 Å². The second-order valence-corrected chi connectivity index (χ2v) is 7.83. The highest BCUT2D eigenvalue weighted by atomic mass is 15.4. The Morgan fingerprint density at radius 2 is 1.87 bits per heavy atom. The van der Waals surface area contributed by atoms with E-state index in [0.29, 0.717) is 11.5 Å². The molecule has 0 aliphatic heterocycles. The molecule has 2 N–H and O–H groups in total. The Morgan fingerprint density at radius 1 is 0.968 bits per heavy atom. The van der Waals surface area contributed by atoms with Crippen LogP contribution < -0.4 is 5.73 Å². The number of nitrogens with zero attached hydrogens (tertiary/aromatic N) is 7. The first-order valence-corrected chi connectivity index (χ1v) is 10.3. The van der Waals surface area contributed by atoms with E-state index in [4.69, 9.17) is 15.7 Å². The number of aromatic nitrogens is 7. The maximum Gasteiger partial charge on any atom is 0.165 e. The van der Waals surface area contributed by atoms with E-state index in [0.717, 1.165) is 46.8 Å². The Balaban J connectivity index is 1.64. The molecule has 0 bridgehead atoms. The van der Waals surface area contributed by atoms with Crippen LogP contribution in [0.2, 0.25) is 0 Å². The van der Waals surface area contributed by atoms with Crippen molar-refractivity contribution in [3.63, 3.8) is 0 Å². The van der Waals surface area contributed by atoms with Gasteiger partial charge in [-0.2, -0.15) is 0 Å². The van der Waals surface area contributed by atoms with Gasteiger partial charge in [0.1, 0.15) is 17.0 Å². The number of hydrogen-bond donors (Lipinski definition) is 1. The van der Waals surface area contributed by atoms with Gasteiger partial charge in [-0.3, -0.25) is 9.25 Å². The molecule has 8 nitrogen and oxygen atoms in total. The van der Waals surface area contributed by atoms with E-state index in [1.165, 1.54) is 17.5 Å². The molecule has 6 rings (SSSR count). The first kappa shape index (κ1) is 17.8. The Kier molecular flexibility index (Phi) is 3.86. The average molecular weight is 408 g/mol. The normalized spacial score (nSPS) is 13.1. The predicted octanol–water partition coefficient (Wildman–Crippen LogP) is 3.35. The zero-order valence-corrected chi connectivity index (χ0v) is 17.0. The lowest BCUT2D eigenvalue weighted by atomic mass is 10.1. The number of nitrogens with two attached hydrogens (primary N) is 1. The summed E-state index contributed by atoms with van der Waals surface area (Å²) in [7, 11) is 1.84. The summed E-state index contributed by atoms with van der Waals surface area (Å²) in [6, 6.07) is 14.3. The minimum atomic E-state index is 0.439. The van der Waals surface area contributed by atoms with Crippen molar-refractivity contribution in [1.29, 1.82) is 0 Å². The molecule has 1 aromatic carbocycles. The minimum absolute atomic E-state index is 0.439. The molecule has 8 heteroatoms.